The standard InChI is InChI=1S/C9H13N5O2S.ClH/c1-13-8(10)6-2-4-7(5-3-6)17(15,16)14-9(11)12;/h2-5H,1H3,(H2,10,13)(H4,11,12,14);1H. The number of rotatable bonds is 3. The van der Waals surface area contributed by atoms with Crippen LogP contribution in [0, 0.1) is 0 Å². The molecule has 0 bridgehead atoms. The second-order valence-corrected chi connectivity index (χ2v) is 4.73. The summed E-state index contributed by atoms with van der Waals surface area (Å²) in [7, 11) is -2.31. The Morgan fingerprint density at radius 1 is 1.11 bits per heavy atom. The van der Waals surface area contributed by atoms with E-state index in [1.807, 2.05) is 0 Å². The first-order valence-electron chi connectivity index (χ1n) is 4.55. The van der Waals surface area contributed by atoms with Gasteiger partial charge in [0.1, 0.15) is 5.84 Å². The summed E-state index contributed by atoms with van der Waals surface area (Å²) in [6, 6.07) is 5.76. The van der Waals surface area contributed by atoms with Crippen LogP contribution in [0.25, 0.3) is 0 Å². The Hall–Kier alpha value is -1.80. The monoisotopic (exact) mass is 291 g/mol. The normalized spacial score (nSPS) is 11.5. The van der Waals surface area contributed by atoms with E-state index in [2.05, 4.69) is 9.39 Å². The van der Waals surface area contributed by atoms with E-state index in [-0.39, 0.29) is 17.3 Å². The molecule has 9 heteroatoms. The van der Waals surface area contributed by atoms with Crippen molar-refractivity contribution in [1.29, 1.82) is 0 Å². The third-order valence-electron chi connectivity index (χ3n) is 1.91. The van der Waals surface area contributed by atoms with E-state index < -0.39 is 16.0 Å². The minimum atomic E-state index is -3.85. The molecule has 0 aliphatic rings. The van der Waals surface area contributed by atoms with Gasteiger partial charge in [-0.15, -0.1) is 16.8 Å². The molecule has 0 amide bonds. The Labute approximate surface area is 111 Å². The van der Waals surface area contributed by atoms with Crippen molar-refractivity contribution >= 4 is 34.2 Å². The van der Waals surface area contributed by atoms with Gasteiger partial charge in [0.25, 0.3) is 10.0 Å². The van der Waals surface area contributed by atoms with Crippen molar-refractivity contribution in [1.82, 2.24) is 0 Å². The molecule has 0 radical (unpaired) electrons. The number of amidine groups is 1. The molecule has 0 aromatic heterocycles. The van der Waals surface area contributed by atoms with Crippen LogP contribution in [0.1, 0.15) is 5.56 Å². The van der Waals surface area contributed by atoms with Gasteiger partial charge in [-0.2, -0.15) is 8.42 Å². The van der Waals surface area contributed by atoms with Gasteiger partial charge in [-0.3, -0.25) is 4.99 Å². The molecule has 0 fully saturated rings. The maximum atomic E-state index is 11.6. The highest BCUT2D eigenvalue weighted by molar-refractivity contribution is 7.90. The number of nitrogens with zero attached hydrogens (tertiary/aromatic N) is 2. The number of hydrogen-bond acceptors (Lipinski definition) is 3. The lowest BCUT2D eigenvalue weighted by Crippen LogP contribution is -2.24. The largest absolute Gasteiger partial charge is 0.384 e. The molecular formula is C9H14ClN5O2S. The summed E-state index contributed by atoms with van der Waals surface area (Å²) in [6.07, 6.45) is 0. The van der Waals surface area contributed by atoms with Gasteiger partial charge in [-0.05, 0) is 24.3 Å². The summed E-state index contributed by atoms with van der Waals surface area (Å²) in [4.78, 5) is 3.76. The van der Waals surface area contributed by atoms with Crippen molar-refractivity contribution in [2.24, 2.45) is 26.6 Å². The minimum Gasteiger partial charge on any atom is -0.384 e. The molecule has 6 N–H and O–H groups in total. The molecule has 0 spiro atoms. The van der Waals surface area contributed by atoms with Crippen LogP contribution in [-0.2, 0) is 10.0 Å². The summed E-state index contributed by atoms with van der Waals surface area (Å²) in [6.45, 7) is 0. The summed E-state index contributed by atoms with van der Waals surface area (Å²) in [5.74, 6) is -0.195. The Morgan fingerprint density at radius 3 is 2.00 bits per heavy atom. The predicted octanol–water partition coefficient (Wildman–Crippen LogP) is -0.594. The Balaban J connectivity index is 0.00000289. The number of guanidine groups is 1. The molecule has 18 heavy (non-hydrogen) atoms. The highest BCUT2D eigenvalue weighted by atomic mass is 35.5. The maximum absolute atomic E-state index is 11.6. The first-order chi connectivity index (χ1) is 7.86. The molecule has 0 aliphatic heterocycles. The van der Waals surface area contributed by atoms with Crippen LogP contribution in [0.3, 0.4) is 0 Å². The lowest BCUT2D eigenvalue weighted by molar-refractivity contribution is 0.598. The zero-order valence-electron chi connectivity index (χ0n) is 9.57. The first-order valence-corrected chi connectivity index (χ1v) is 5.99. The summed E-state index contributed by atoms with van der Waals surface area (Å²) in [5.41, 5.74) is 16.2. The summed E-state index contributed by atoms with van der Waals surface area (Å²) >= 11 is 0. The van der Waals surface area contributed by atoms with Gasteiger partial charge in [0.15, 0.2) is 0 Å². The van der Waals surface area contributed by atoms with Crippen molar-refractivity contribution in [3.63, 3.8) is 0 Å². The Morgan fingerprint density at radius 2 is 1.61 bits per heavy atom. The molecule has 100 valence electrons. The van der Waals surface area contributed by atoms with Gasteiger partial charge in [0.05, 0.1) is 4.90 Å². The number of benzene rings is 1. The SMILES string of the molecule is CN=C(N)c1ccc(S(=O)(=O)N=C(N)N)cc1.Cl. The van der Waals surface area contributed by atoms with E-state index in [1.165, 1.54) is 24.3 Å². The Kier molecular flexibility index (Phi) is 5.60. The van der Waals surface area contributed by atoms with E-state index in [9.17, 15) is 8.42 Å². The van der Waals surface area contributed by atoms with Gasteiger partial charge < -0.3 is 17.2 Å². The maximum Gasteiger partial charge on any atom is 0.285 e. The van der Waals surface area contributed by atoms with E-state index in [0.717, 1.165) is 0 Å². The van der Waals surface area contributed by atoms with Crippen molar-refractivity contribution in [3.8, 4) is 0 Å². The zero-order valence-corrected chi connectivity index (χ0v) is 11.2. The third kappa shape index (κ3) is 3.90. The van der Waals surface area contributed by atoms with Crippen LogP contribution in [0.4, 0.5) is 0 Å². The van der Waals surface area contributed by atoms with Gasteiger partial charge in [0.2, 0.25) is 5.96 Å². The first kappa shape index (κ1) is 16.2. The Bertz CT molecular complexity index is 561. The van der Waals surface area contributed by atoms with Crippen LogP contribution in [0.2, 0.25) is 0 Å². The molecule has 0 aliphatic carbocycles. The lowest BCUT2D eigenvalue weighted by Gasteiger charge is -2.02. The highest BCUT2D eigenvalue weighted by Crippen LogP contribution is 2.13. The minimum absolute atomic E-state index is 0. The second-order valence-electron chi connectivity index (χ2n) is 3.12. The van der Waals surface area contributed by atoms with Crippen LogP contribution < -0.4 is 17.2 Å². The second kappa shape index (κ2) is 6.22. The zero-order chi connectivity index (χ0) is 13.1. The average Bonchev–Trinajstić information content (AvgIpc) is 2.26. The molecule has 0 atom stereocenters. The molecule has 1 aromatic rings. The smallest absolute Gasteiger partial charge is 0.285 e. The number of aliphatic imine (C=N–C) groups is 1. The van der Waals surface area contributed by atoms with Crippen LogP contribution >= 0.6 is 12.4 Å². The fourth-order valence-electron chi connectivity index (χ4n) is 1.12. The van der Waals surface area contributed by atoms with Gasteiger partial charge in [-0.25, -0.2) is 0 Å². The fraction of sp³-hybridized carbons (Fsp3) is 0.111. The predicted molar refractivity (Wildman–Crippen MR) is 73.3 cm³/mol. The number of halogens is 1. The van der Waals surface area contributed by atoms with Crippen LogP contribution in [0.5, 0.6) is 0 Å². The quantitative estimate of drug-likeness (QED) is 0.505. The number of hydrogen-bond donors (Lipinski definition) is 3. The van der Waals surface area contributed by atoms with Crippen LogP contribution in [0.15, 0.2) is 38.6 Å². The van der Waals surface area contributed by atoms with Crippen molar-refractivity contribution in [2.75, 3.05) is 7.05 Å². The van der Waals surface area contributed by atoms with E-state index in [1.54, 1.807) is 7.05 Å². The number of nitrogens with two attached hydrogens (primary N) is 3. The van der Waals surface area contributed by atoms with Crippen molar-refractivity contribution in [3.05, 3.63) is 29.8 Å². The molecule has 1 rings (SSSR count). The third-order valence-corrected chi connectivity index (χ3v) is 3.23. The van der Waals surface area contributed by atoms with E-state index in [4.69, 9.17) is 17.2 Å². The fourth-order valence-corrected chi connectivity index (χ4v) is 1.98. The highest BCUT2D eigenvalue weighted by Gasteiger charge is 2.12. The summed E-state index contributed by atoms with van der Waals surface area (Å²) < 4.78 is 26.3. The topological polar surface area (TPSA) is 137 Å². The average molecular weight is 292 g/mol. The van der Waals surface area contributed by atoms with E-state index in [0.29, 0.717) is 11.4 Å². The lowest BCUT2D eigenvalue weighted by atomic mass is 10.2. The molecule has 0 saturated carbocycles. The molecule has 1 aromatic carbocycles. The van der Waals surface area contributed by atoms with E-state index >= 15 is 0 Å². The molecule has 7 nitrogen and oxygen atoms in total. The summed E-state index contributed by atoms with van der Waals surface area (Å²) in [5, 5.41) is 0. The van der Waals surface area contributed by atoms with Gasteiger partial charge in [-0.1, -0.05) is 0 Å². The number of sulfonamides is 1. The van der Waals surface area contributed by atoms with Crippen LogP contribution in [-0.4, -0.2) is 27.3 Å². The molecule has 0 heterocycles. The van der Waals surface area contributed by atoms with Gasteiger partial charge in [0, 0.05) is 12.6 Å². The molecule has 0 saturated heterocycles. The van der Waals surface area contributed by atoms with Crippen molar-refractivity contribution < 1.29 is 8.42 Å². The molecule has 0 unspecified atom stereocenters. The van der Waals surface area contributed by atoms with Crippen molar-refractivity contribution in [2.45, 2.75) is 4.90 Å². The molecular weight excluding hydrogens is 278 g/mol. The van der Waals surface area contributed by atoms with Gasteiger partial charge >= 0.3 is 0 Å².